The van der Waals surface area contributed by atoms with Crippen molar-refractivity contribution < 1.29 is 17.9 Å². The lowest BCUT2D eigenvalue weighted by Gasteiger charge is -2.39. The minimum Gasteiger partial charge on any atom is -0.497 e. The Morgan fingerprint density at radius 2 is 1.89 bits per heavy atom. The Bertz CT molecular complexity index is 1400. The molecule has 36 heavy (non-hydrogen) atoms. The van der Waals surface area contributed by atoms with Crippen molar-refractivity contribution in [1.82, 2.24) is 9.29 Å². The minimum atomic E-state index is -3.63. The van der Waals surface area contributed by atoms with Crippen molar-refractivity contribution in [2.24, 2.45) is 10.8 Å². The van der Waals surface area contributed by atoms with Crippen LogP contribution in [0.3, 0.4) is 0 Å². The van der Waals surface area contributed by atoms with Crippen LogP contribution in [0, 0.1) is 10.8 Å². The van der Waals surface area contributed by atoms with Crippen LogP contribution in [0.15, 0.2) is 58.8 Å². The van der Waals surface area contributed by atoms with Gasteiger partial charge in [0.2, 0.25) is 10.0 Å². The van der Waals surface area contributed by atoms with Crippen molar-refractivity contribution in [2.75, 3.05) is 19.0 Å². The van der Waals surface area contributed by atoms with Gasteiger partial charge in [-0.25, -0.2) is 13.4 Å². The molecule has 1 aromatic heterocycles. The van der Waals surface area contributed by atoms with Gasteiger partial charge in [-0.1, -0.05) is 32.9 Å². The number of carbonyl (C=O) groups is 1. The zero-order chi connectivity index (χ0) is 25.7. The second-order valence-electron chi connectivity index (χ2n) is 11.0. The third-order valence-corrected chi connectivity index (χ3v) is 9.85. The zero-order valence-electron chi connectivity index (χ0n) is 20.9. The maximum atomic E-state index is 13.5. The highest BCUT2D eigenvalue weighted by Gasteiger charge is 2.53. The number of amides is 1. The fourth-order valence-corrected chi connectivity index (χ4v) is 8.51. The summed E-state index contributed by atoms with van der Waals surface area (Å²) < 4.78 is 33.9. The monoisotopic (exact) mass is 525 g/mol. The van der Waals surface area contributed by atoms with E-state index in [1.54, 1.807) is 23.5 Å². The Labute approximate surface area is 216 Å². The van der Waals surface area contributed by atoms with E-state index in [0.717, 1.165) is 36.3 Å². The summed E-state index contributed by atoms with van der Waals surface area (Å²) in [5.74, 6) is 0.396. The number of hydrogen-bond acceptors (Lipinski definition) is 6. The maximum Gasteiger partial charge on any atom is 0.257 e. The molecule has 5 rings (SSSR count). The third kappa shape index (κ3) is 4.79. The number of rotatable bonds is 6. The van der Waals surface area contributed by atoms with Crippen molar-refractivity contribution >= 4 is 32.4 Å². The molecule has 2 aliphatic rings. The molecule has 0 radical (unpaired) electrons. The van der Waals surface area contributed by atoms with E-state index < -0.39 is 10.0 Å². The number of carbonyl (C=O) groups excluding carboxylic acids is 1. The van der Waals surface area contributed by atoms with Gasteiger partial charge in [0.1, 0.15) is 5.75 Å². The lowest BCUT2D eigenvalue weighted by molar-refractivity contribution is 0.102. The summed E-state index contributed by atoms with van der Waals surface area (Å²) in [5, 5.41) is 5.15. The van der Waals surface area contributed by atoms with Gasteiger partial charge in [-0.15, -0.1) is 11.3 Å². The molecule has 190 valence electrons. The van der Waals surface area contributed by atoms with Gasteiger partial charge in [-0.2, -0.15) is 4.31 Å². The van der Waals surface area contributed by atoms with Gasteiger partial charge in [0.05, 0.1) is 17.7 Å². The normalized spacial score (nSPS) is 23.4. The van der Waals surface area contributed by atoms with Crippen LogP contribution < -0.4 is 10.1 Å². The van der Waals surface area contributed by atoms with Crippen molar-refractivity contribution in [1.29, 1.82) is 0 Å². The van der Waals surface area contributed by atoms with Crippen molar-refractivity contribution in [3.05, 3.63) is 59.5 Å². The predicted molar refractivity (Wildman–Crippen MR) is 142 cm³/mol. The van der Waals surface area contributed by atoms with Gasteiger partial charge >= 0.3 is 0 Å². The number of sulfonamides is 1. The number of hydrogen-bond donors (Lipinski definition) is 1. The van der Waals surface area contributed by atoms with Crippen LogP contribution in [0.1, 0.15) is 50.4 Å². The first kappa shape index (κ1) is 24.9. The van der Waals surface area contributed by atoms with E-state index in [4.69, 9.17) is 4.74 Å². The average molecular weight is 526 g/mol. The fourth-order valence-electron chi connectivity index (χ4n) is 6.02. The van der Waals surface area contributed by atoms with E-state index >= 15 is 0 Å². The Morgan fingerprint density at radius 3 is 2.61 bits per heavy atom. The summed E-state index contributed by atoms with van der Waals surface area (Å²) in [5.41, 5.74) is 2.15. The van der Waals surface area contributed by atoms with Crippen LogP contribution in [-0.4, -0.2) is 43.3 Å². The molecule has 1 amide bonds. The van der Waals surface area contributed by atoms with Crippen LogP contribution in [0.25, 0.3) is 11.3 Å². The Kier molecular flexibility index (Phi) is 6.21. The molecule has 1 N–H and O–H groups in total. The van der Waals surface area contributed by atoms with Crippen molar-refractivity contribution in [3.63, 3.8) is 0 Å². The molecule has 1 aliphatic carbocycles. The first-order valence-electron chi connectivity index (χ1n) is 12.0. The van der Waals surface area contributed by atoms with Gasteiger partial charge in [-0.05, 0) is 66.5 Å². The zero-order valence-corrected chi connectivity index (χ0v) is 22.6. The SMILES string of the molecule is COc1cccc(-c2csc(NC(=O)c3ccc(S(=O)(=O)N4CC5(C)CC4CC(C)(C)C5)cc3)n2)c1. The van der Waals surface area contributed by atoms with Crippen LogP contribution in [0.5, 0.6) is 5.75 Å². The highest BCUT2D eigenvalue weighted by atomic mass is 32.2. The number of ether oxygens (including phenoxy) is 1. The molecule has 0 spiro atoms. The first-order valence-corrected chi connectivity index (χ1v) is 14.3. The number of benzene rings is 2. The van der Waals surface area contributed by atoms with Gasteiger partial charge < -0.3 is 4.74 Å². The largest absolute Gasteiger partial charge is 0.497 e. The molecule has 1 aliphatic heterocycles. The molecule has 2 bridgehead atoms. The second-order valence-corrected chi connectivity index (χ2v) is 13.8. The molecule has 2 heterocycles. The summed E-state index contributed by atoms with van der Waals surface area (Å²) in [6.07, 6.45) is 2.80. The summed E-state index contributed by atoms with van der Waals surface area (Å²) in [7, 11) is -2.02. The second kappa shape index (κ2) is 8.97. The molecule has 2 atom stereocenters. The lowest BCUT2D eigenvalue weighted by Crippen LogP contribution is -2.37. The number of fused-ring (bicyclic) bond motifs is 2. The molecule has 9 heteroatoms. The Balaban J connectivity index is 1.29. The topological polar surface area (TPSA) is 88.6 Å². The van der Waals surface area contributed by atoms with Crippen LogP contribution in [0.2, 0.25) is 0 Å². The molecule has 2 aromatic carbocycles. The van der Waals surface area contributed by atoms with Crippen LogP contribution >= 0.6 is 11.3 Å². The Morgan fingerprint density at radius 1 is 1.14 bits per heavy atom. The molecule has 1 saturated heterocycles. The predicted octanol–water partition coefficient (Wildman–Crippen LogP) is 5.66. The van der Waals surface area contributed by atoms with E-state index in [9.17, 15) is 13.2 Å². The highest BCUT2D eigenvalue weighted by Crippen LogP contribution is 2.53. The third-order valence-electron chi connectivity index (χ3n) is 7.18. The van der Waals surface area contributed by atoms with Crippen LogP contribution in [0.4, 0.5) is 5.13 Å². The average Bonchev–Trinajstić information content (AvgIpc) is 3.40. The van der Waals surface area contributed by atoms with Crippen molar-refractivity contribution in [2.45, 2.75) is 51.0 Å². The first-order chi connectivity index (χ1) is 17.0. The number of aromatic nitrogens is 1. The molecular weight excluding hydrogens is 494 g/mol. The minimum absolute atomic E-state index is 0.0107. The smallest absolute Gasteiger partial charge is 0.257 e. The van der Waals surface area contributed by atoms with Crippen molar-refractivity contribution in [3.8, 4) is 17.0 Å². The van der Waals surface area contributed by atoms with E-state index in [-0.39, 0.29) is 27.7 Å². The van der Waals surface area contributed by atoms with Gasteiger partial charge in [0.15, 0.2) is 5.13 Å². The maximum absolute atomic E-state index is 13.5. The molecular formula is C27H31N3O4S2. The Hall–Kier alpha value is -2.75. The van der Waals surface area contributed by atoms with Gasteiger partial charge in [0.25, 0.3) is 5.91 Å². The number of thiazole rings is 1. The molecule has 2 fully saturated rings. The van der Waals surface area contributed by atoms with Gasteiger partial charge in [-0.3, -0.25) is 10.1 Å². The summed E-state index contributed by atoms with van der Waals surface area (Å²) in [6.45, 7) is 7.19. The summed E-state index contributed by atoms with van der Waals surface area (Å²) >= 11 is 1.33. The summed E-state index contributed by atoms with van der Waals surface area (Å²) in [6, 6.07) is 13.8. The number of nitrogens with zero attached hydrogens (tertiary/aromatic N) is 2. The quantitative estimate of drug-likeness (QED) is 0.449. The van der Waals surface area contributed by atoms with Crippen LogP contribution in [-0.2, 0) is 10.0 Å². The van der Waals surface area contributed by atoms with E-state index in [1.807, 2.05) is 29.6 Å². The molecule has 3 aromatic rings. The molecule has 7 nitrogen and oxygen atoms in total. The standard InChI is InChI=1S/C27H31N3O4S2/c1-26(2)13-20-14-27(3,16-26)17-30(20)36(32,33)22-10-8-18(9-11-22)24(31)29-25-28-23(15-35-25)19-6-5-7-21(12-19)34-4/h5-12,15,20H,13-14,16-17H2,1-4H3,(H,28,29,31). The fraction of sp³-hybridized carbons (Fsp3) is 0.407. The van der Waals surface area contributed by atoms with E-state index in [2.05, 4.69) is 31.1 Å². The molecule has 1 saturated carbocycles. The number of anilines is 1. The van der Waals surface area contributed by atoms with E-state index in [1.165, 1.54) is 23.5 Å². The van der Waals surface area contributed by atoms with E-state index in [0.29, 0.717) is 17.2 Å². The summed E-state index contributed by atoms with van der Waals surface area (Å²) in [4.78, 5) is 17.5. The number of methoxy groups -OCH3 is 1. The molecule has 2 unspecified atom stereocenters. The van der Waals surface area contributed by atoms with Gasteiger partial charge in [0, 0.05) is 29.1 Å². The number of nitrogens with one attached hydrogen (secondary N) is 1. The lowest BCUT2D eigenvalue weighted by atomic mass is 9.65. The highest BCUT2D eigenvalue weighted by molar-refractivity contribution is 7.89.